The molecule has 1 saturated heterocycles. The first-order valence-corrected chi connectivity index (χ1v) is 6.16. The van der Waals surface area contributed by atoms with Crippen LogP contribution >= 0.6 is 24.8 Å². The van der Waals surface area contributed by atoms with Crippen molar-refractivity contribution in [2.75, 3.05) is 46.4 Å². The first-order chi connectivity index (χ1) is 8.83. The molecule has 2 N–H and O–H groups in total. The number of methoxy groups -OCH3 is 1. The standard InChI is InChI=1S/C11H20F3N3O2.2ClH/c1-19-7-9(15)10(18)17-4-2-3-16(5-6-17)8-11(12,13)14;;/h9H,2-8,15H2,1H3;2*1H. The number of amides is 1. The van der Waals surface area contributed by atoms with E-state index >= 15 is 0 Å². The molecule has 1 rings (SSSR count). The fraction of sp³-hybridized carbons (Fsp3) is 0.909. The molecular weight excluding hydrogens is 334 g/mol. The highest BCUT2D eigenvalue weighted by atomic mass is 35.5. The predicted octanol–water partition coefficient (Wildman–Crippen LogP) is 0.900. The van der Waals surface area contributed by atoms with Crippen LogP contribution in [0.5, 0.6) is 0 Å². The lowest BCUT2D eigenvalue weighted by Gasteiger charge is -2.24. The highest BCUT2D eigenvalue weighted by molar-refractivity contribution is 5.85. The summed E-state index contributed by atoms with van der Waals surface area (Å²) in [7, 11) is 1.45. The molecule has 1 fully saturated rings. The van der Waals surface area contributed by atoms with Crippen LogP contribution in [0.4, 0.5) is 13.2 Å². The number of carbonyl (C=O) groups is 1. The van der Waals surface area contributed by atoms with Gasteiger partial charge in [0, 0.05) is 33.3 Å². The van der Waals surface area contributed by atoms with E-state index in [1.165, 1.54) is 16.9 Å². The average Bonchev–Trinajstić information content (AvgIpc) is 2.52. The van der Waals surface area contributed by atoms with E-state index < -0.39 is 18.8 Å². The van der Waals surface area contributed by atoms with Gasteiger partial charge in [0.05, 0.1) is 13.2 Å². The third kappa shape index (κ3) is 8.67. The van der Waals surface area contributed by atoms with E-state index in [9.17, 15) is 18.0 Å². The van der Waals surface area contributed by atoms with Crippen LogP contribution < -0.4 is 5.73 Å². The van der Waals surface area contributed by atoms with Crippen LogP contribution in [0.2, 0.25) is 0 Å². The monoisotopic (exact) mass is 355 g/mol. The van der Waals surface area contributed by atoms with E-state index in [-0.39, 0.29) is 50.4 Å². The Bertz CT molecular complexity index is 309. The number of nitrogens with two attached hydrogens (primary N) is 1. The Kier molecular flexibility index (Phi) is 11.4. The van der Waals surface area contributed by atoms with Crippen molar-refractivity contribution in [3.05, 3.63) is 0 Å². The number of hydrogen-bond acceptors (Lipinski definition) is 4. The minimum atomic E-state index is -4.20. The summed E-state index contributed by atoms with van der Waals surface area (Å²) >= 11 is 0. The molecule has 128 valence electrons. The van der Waals surface area contributed by atoms with Gasteiger partial charge in [0.25, 0.3) is 0 Å². The molecule has 0 aromatic heterocycles. The van der Waals surface area contributed by atoms with Gasteiger partial charge >= 0.3 is 6.18 Å². The predicted molar refractivity (Wildman–Crippen MR) is 78.0 cm³/mol. The van der Waals surface area contributed by atoms with Crippen LogP contribution in [0.25, 0.3) is 0 Å². The lowest BCUT2D eigenvalue weighted by Crippen LogP contribution is -2.47. The van der Waals surface area contributed by atoms with Gasteiger partial charge in [-0.1, -0.05) is 0 Å². The largest absolute Gasteiger partial charge is 0.401 e. The Balaban J connectivity index is 0. The number of halogens is 5. The Morgan fingerprint density at radius 3 is 2.38 bits per heavy atom. The highest BCUT2D eigenvalue weighted by Gasteiger charge is 2.32. The van der Waals surface area contributed by atoms with Crippen LogP contribution in [0.1, 0.15) is 6.42 Å². The average molecular weight is 356 g/mol. The van der Waals surface area contributed by atoms with Crippen LogP contribution in [-0.4, -0.2) is 74.4 Å². The van der Waals surface area contributed by atoms with Crippen molar-refractivity contribution < 1.29 is 22.7 Å². The van der Waals surface area contributed by atoms with Gasteiger partial charge in [0.15, 0.2) is 0 Å². The van der Waals surface area contributed by atoms with Gasteiger partial charge in [-0.3, -0.25) is 9.69 Å². The second-order valence-corrected chi connectivity index (χ2v) is 4.63. The van der Waals surface area contributed by atoms with E-state index in [1.807, 2.05) is 0 Å². The molecule has 1 aliphatic heterocycles. The summed E-state index contributed by atoms with van der Waals surface area (Å²) in [5.74, 6) is -0.268. The van der Waals surface area contributed by atoms with E-state index in [2.05, 4.69) is 0 Å². The van der Waals surface area contributed by atoms with Gasteiger partial charge in [-0.15, -0.1) is 24.8 Å². The van der Waals surface area contributed by atoms with Crippen LogP contribution in [0.15, 0.2) is 0 Å². The molecule has 0 aliphatic carbocycles. The van der Waals surface area contributed by atoms with E-state index in [4.69, 9.17) is 10.5 Å². The van der Waals surface area contributed by atoms with Crippen LogP contribution in [0, 0.1) is 0 Å². The zero-order chi connectivity index (χ0) is 14.5. The summed E-state index contributed by atoms with van der Waals surface area (Å²) in [6.45, 7) is 0.436. The van der Waals surface area contributed by atoms with Crippen molar-refractivity contribution in [1.29, 1.82) is 0 Å². The van der Waals surface area contributed by atoms with Crippen molar-refractivity contribution in [2.24, 2.45) is 5.73 Å². The molecule has 1 amide bonds. The number of rotatable bonds is 4. The van der Waals surface area contributed by atoms with E-state index in [0.29, 0.717) is 19.5 Å². The second kappa shape index (κ2) is 10.4. The normalized spacial score (nSPS) is 18.2. The molecule has 1 unspecified atom stereocenters. The summed E-state index contributed by atoms with van der Waals surface area (Å²) in [6, 6.07) is -0.751. The van der Waals surface area contributed by atoms with Gasteiger partial charge < -0.3 is 15.4 Å². The minimum absolute atomic E-state index is 0. The summed E-state index contributed by atoms with van der Waals surface area (Å²) < 4.78 is 41.7. The fourth-order valence-electron chi connectivity index (χ4n) is 2.09. The number of ether oxygens (including phenoxy) is 1. The Morgan fingerprint density at radius 2 is 1.86 bits per heavy atom. The van der Waals surface area contributed by atoms with Gasteiger partial charge in [-0.05, 0) is 6.42 Å². The second-order valence-electron chi connectivity index (χ2n) is 4.63. The van der Waals surface area contributed by atoms with Crippen LogP contribution in [-0.2, 0) is 9.53 Å². The van der Waals surface area contributed by atoms with Crippen molar-refractivity contribution in [3.8, 4) is 0 Å². The smallest absolute Gasteiger partial charge is 0.383 e. The third-order valence-corrected chi connectivity index (χ3v) is 2.97. The van der Waals surface area contributed by atoms with Crippen molar-refractivity contribution in [3.63, 3.8) is 0 Å². The maximum Gasteiger partial charge on any atom is 0.401 e. The molecule has 0 saturated carbocycles. The van der Waals surface area contributed by atoms with Gasteiger partial charge in [-0.2, -0.15) is 13.2 Å². The third-order valence-electron chi connectivity index (χ3n) is 2.97. The molecule has 21 heavy (non-hydrogen) atoms. The number of carbonyl (C=O) groups excluding carboxylic acids is 1. The van der Waals surface area contributed by atoms with Crippen molar-refractivity contribution in [2.45, 2.75) is 18.6 Å². The molecule has 1 heterocycles. The zero-order valence-corrected chi connectivity index (χ0v) is 13.4. The molecule has 0 radical (unpaired) electrons. The Hall–Kier alpha value is -0.280. The number of hydrogen-bond donors (Lipinski definition) is 1. The summed E-state index contributed by atoms with van der Waals surface area (Å²) in [6.07, 6.45) is -3.69. The molecule has 5 nitrogen and oxygen atoms in total. The molecule has 0 spiro atoms. The summed E-state index contributed by atoms with van der Waals surface area (Å²) in [5, 5.41) is 0. The molecule has 1 aliphatic rings. The Labute approximate surface area is 134 Å². The number of nitrogens with zero attached hydrogens (tertiary/aromatic N) is 2. The Morgan fingerprint density at radius 1 is 1.24 bits per heavy atom. The van der Waals surface area contributed by atoms with E-state index in [1.54, 1.807) is 0 Å². The van der Waals surface area contributed by atoms with Crippen molar-refractivity contribution in [1.82, 2.24) is 9.80 Å². The molecule has 0 aromatic rings. The number of alkyl halides is 3. The first-order valence-electron chi connectivity index (χ1n) is 6.16. The molecular formula is C11H22Cl2F3N3O2. The molecule has 1 atom stereocenters. The zero-order valence-electron chi connectivity index (χ0n) is 11.8. The van der Waals surface area contributed by atoms with Crippen LogP contribution in [0.3, 0.4) is 0 Å². The summed E-state index contributed by atoms with van der Waals surface area (Å²) in [4.78, 5) is 14.7. The lowest BCUT2D eigenvalue weighted by molar-refractivity contribution is -0.145. The maximum absolute atomic E-state index is 12.3. The van der Waals surface area contributed by atoms with Gasteiger partial charge in [0.1, 0.15) is 6.04 Å². The fourth-order valence-corrected chi connectivity index (χ4v) is 2.09. The highest BCUT2D eigenvalue weighted by Crippen LogP contribution is 2.17. The topological polar surface area (TPSA) is 58.8 Å². The van der Waals surface area contributed by atoms with Gasteiger partial charge in [-0.25, -0.2) is 0 Å². The van der Waals surface area contributed by atoms with Gasteiger partial charge in [0.2, 0.25) is 5.91 Å². The molecule has 0 aromatic carbocycles. The first kappa shape index (κ1) is 23.0. The lowest BCUT2D eigenvalue weighted by atomic mass is 10.2. The maximum atomic E-state index is 12.3. The molecule has 10 heteroatoms. The quantitative estimate of drug-likeness (QED) is 0.813. The van der Waals surface area contributed by atoms with Crippen molar-refractivity contribution >= 4 is 30.7 Å². The molecule has 0 bridgehead atoms. The van der Waals surface area contributed by atoms with E-state index in [0.717, 1.165) is 0 Å². The summed E-state index contributed by atoms with van der Waals surface area (Å²) in [5.41, 5.74) is 5.64. The SMILES string of the molecule is COCC(N)C(=O)N1CCCN(CC(F)(F)F)CC1.Cl.Cl. The minimum Gasteiger partial charge on any atom is -0.383 e.